The number of aryl methyl sites for hydroxylation is 1. The van der Waals surface area contributed by atoms with Crippen LogP contribution in [0.1, 0.15) is 61.1 Å². The molecule has 0 amide bonds. The van der Waals surface area contributed by atoms with Crippen molar-refractivity contribution in [3.8, 4) is 0 Å². The third-order valence-electron chi connectivity index (χ3n) is 6.87. The summed E-state index contributed by atoms with van der Waals surface area (Å²) in [4.78, 5) is 23.7. The zero-order valence-electron chi connectivity index (χ0n) is 20.0. The van der Waals surface area contributed by atoms with Gasteiger partial charge < -0.3 is 15.3 Å². The maximum absolute atomic E-state index is 11.7. The van der Waals surface area contributed by atoms with Gasteiger partial charge in [0.15, 0.2) is 5.65 Å². The maximum atomic E-state index is 11.7. The van der Waals surface area contributed by atoms with Crippen LogP contribution in [-0.2, 0) is 0 Å². The molecule has 34 heavy (non-hydrogen) atoms. The Hall–Kier alpha value is -3.68. The van der Waals surface area contributed by atoms with Gasteiger partial charge in [0.1, 0.15) is 6.33 Å². The quantitative estimate of drug-likeness (QED) is 0.430. The van der Waals surface area contributed by atoms with E-state index in [1.165, 1.54) is 0 Å². The first kappa shape index (κ1) is 22.1. The van der Waals surface area contributed by atoms with Crippen LogP contribution in [0.15, 0.2) is 42.7 Å². The Morgan fingerprint density at radius 1 is 1.18 bits per heavy atom. The second kappa shape index (κ2) is 8.27. The van der Waals surface area contributed by atoms with E-state index in [9.17, 15) is 9.90 Å². The smallest absolute Gasteiger partial charge is 0.337 e. The molecule has 2 aromatic carbocycles. The van der Waals surface area contributed by atoms with E-state index in [0.29, 0.717) is 11.1 Å². The lowest BCUT2D eigenvalue weighted by molar-refractivity contribution is 0.0698. The van der Waals surface area contributed by atoms with E-state index >= 15 is 0 Å². The van der Waals surface area contributed by atoms with E-state index in [-0.39, 0.29) is 11.6 Å². The highest BCUT2D eigenvalue weighted by Gasteiger charge is 2.28. The Morgan fingerprint density at radius 2 is 1.91 bits per heavy atom. The van der Waals surface area contributed by atoms with E-state index in [4.69, 9.17) is 4.98 Å². The van der Waals surface area contributed by atoms with Gasteiger partial charge >= 0.3 is 5.97 Å². The lowest BCUT2D eigenvalue weighted by atomic mass is 9.83. The van der Waals surface area contributed by atoms with Crippen molar-refractivity contribution in [2.75, 3.05) is 23.3 Å². The third kappa shape index (κ3) is 3.93. The van der Waals surface area contributed by atoms with Gasteiger partial charge in [-0.1, -0.05) is 32.0 Å². The maximum Gasteiger partial charge on any atom is 0.337 e. The summed E-state index contributed by atoms with van der Waals surface area (Å²) < 4.78 is 1.85. The molecular weight excluding hydrogens is 428 g/mol. The SMILES string of the molecule is Cc1cc(C(C)Nc2ccccc2C(=O)O)c2nc(N3CCC(C)(C)CC3)n3ncnc3c2c1. The van der Waals surface area contributed by atoms with Gasteiger partial charge in [-0.25, -0.2) is 14.8 Å². The van der Waals surface area contributed by atoms with Crippen molar-refractivity contribution in [3.05, 3.63) is 59.4 Å². The number of carboxylic acids is 1. The van der Waals surface area contributed by atoms with Gasteiger partial charge in [-0.15, -0.1) is 0 Å². The second-order valence-electron chi connectivity index (χ2n) is 10.0. The zero-order valence-corrected chi connectivity index (χ0v) is 20.0. The molecule has 176 valence electrons. The first-order valence-electron chi connectivity index (χ1n) is 11.7. The number of piperidine rings is 1. The number of aromatic nitrogens is 4. The molecule has 2 N–H and O–H groups in total. The van der Waals surface area contributed by atoms with Gasteiger partial charge in [-0.3, -0.25) is 0 Å². The Balaban J connectivity index is 1.62. The summed E-state index contributed by atoms with van der Waals surface area (Å²) >= 11 is 0. The number of benzene rings is 2. The molecule has 8 heteroatoms. The summed E-state index contributed by atoms with van der Waals surface area (Å²) in [6, 6.07) is 11.0. The minimum atomic E-state index is -0.956. The highest BCUT2D eigenvalue weighted by molar-refractivity contribution is 5.96. The van der Waals surface area contributed by atoms with Crippen LogP contribution in [0.25, 0.3) is 16.6 Å². The fourth-order valence-electron chi connectivity index (χ4n) is 4.77. The molecule has 0 aliphatic carbocycles. The number of hydrogen-bond acceptors (Lipinski definition) is 6. The lowest BCUT2D eigenvalue weighted by Crippen LogP contribution is -2.39. The monoisotopic (exact) mass is 458 g/mol. The van der Waals surface area contributed by atoms with Gasteiger partial charge in [-0.2, -0.15) is 9.61 Å². The zero-order chi connectivity index (χ0) is 24.0. The predicted octanol–water partition coefficient (Wildman–Crippen LogP) is 5.08. The number of nitrogens with zero attached hydrogens (tertiary/aromatic N) is 5. The molecule has 2 aromatic heterocycles. The number of anilines is 2. The van der Waals surface area contributed by atoms with Crippen molar-refractivity contribution in [2.24, 2.45) is 5.41 Å². The number of hydrogen-bond donors (Lipinski definition) is 2. The van der Waals surface area contributed by atoms with Gasteiger partial charge in [0.25, 0.3) is 0 Å². The molecule has 1 aliphatic rings. The second-order valence-corrected chi connectivity index (χ2v) is 10.0. The first-order valence-corrected chi connectivity index (χ1v) is 11.7. The first-order chi connectivity index (χ1) is 16.2. The van der Waals surface area contributed by atoms with Crippen molar-refractivity contribution in [1.82, 2.24) is 19.6 Å². The highest BCUT2D eigenvalue weighted by Crippen LogP contribution is 2.35. The molecule has 0 radical (unpaired) electrons. The van der Waals surface area contributed by atoms with Crippen molar-refractivity contribution in [3.63, 3.8) is 0 Å². The van der Waals surface area contributed by atoms with Crippen LogP contribution in [0.2, 0.25) is 0 Å². The van der Waals surface area contributed by atoms with E-state index in [2.05, 4.69) is 46.3 Å². The van der Waals surface area contributed by atoms with Crippen LogP contribution in [0.3, 0.4) is 0 Å². The predicted molar refractivity (Wildman–Crippen MR) is 134 cm³/mol. The van der Waals surface area contributed by atoms with Crippen LogP contribution in [0.4, 0.5) is 11.6 Å². The molecular formula is C26H30N6O2. The molecule has 1 aliphatic heterocycles. The summed E-state index contributed by atoms with van der Waals surface area (Å²) in [5.41, 5.74) is 4.88. The molecule has 1 unspecified atom stereocenters. The van der Waals surface area contributed by atoms with E-state index in [0.717, 1.165) is 59.6 Å². The van der Waals surface area contributed by atoms with E-state index < -0.39 is 5.97 Å². The molecule has 4 aromatic rings. The Morgan fingerprint density at radius 3 is 2.65 bits per heavy atom. The van der Waals surface area contributed by atoms with Gasteiger partial charge in [0, 0.05) is 29.7 Å². The molecule has 8 nitrogen and oxygen atoms in total. The number of carbonyl (C=O) groups is 1. The number of aromatic carboxylic acids is 1. The van der Waals surface area contributed by atoms with Crippen molar-refractivity contribution >= 4 is 34.2 Å². The topological polar surface area (TPSA) is 95.6 Å². The van der Waals surface area contributed by atoms with Crippen LogP contribution in [0.5, 0.6) is 0 Å². The summed E-state index contributed by atoms with van der Waals surface area (Å²) in [6.45, 7) is 10.5. The summed E-state index contributed by atoms with van der Waals surface area (Å²) in [5.74, 6) is -0.151. The molecule has 3 heterocycles. The minimum absolute atomic E-state index is 0.172. The normalized spacial score (nSPS) is 16.6. The van der Waals surface area contributed by atoms with Crippen molar-refractivity contribution in [2.45, 2.75) is 46.6 Å². The fourth-order valence-corrected chi connectivity index (χ4v) is 4.77. The third-order valence-corrected chi connectivity index (χ3v) is 6.87. The van der Waals surface area contributed by atoms with Crippen molar-refractivity contribution in [1.29, 1.82) is 0 Å². The lowest BCUT2D eigenvalue weighted by Gasteiger charge is -2.37. The van der Waals surface area contributed by atoms with Crippen LogP contribution in [-0.4, -0.2) is 43.7 Å². The summed E-state index contributed by atoms with van der Waals surface area (Å²) in [6.07, 6.45) is 3.77. The molecule has 0 spiro atoms. The minimum Gasteiger partial charge on any atom is -0.478 e. The van der Waals surface area contributed by atoms with E-state index in [1.54, 1.807) is 24.5 Å². The average Bonchev–Trinajstić information content (AvgIpc) is 3.29. The fraction of sp³-hybridized carbons (Fsp3) is 0.385. The largest absolute Gasteiger partial charge is 0.478 e. The summed E-state index contributed by atoms with van der Waals surface area (Å²) in [5, 5.41) is 18.4. The molecule has 0 bridgehead atoms. The van der Waals surface area contributed by atoms with Crippen LogP contribution >= 0.6 is 0 Å². The Kier molecular flexibility index (Phi) is 5.38. The number of para-hydroxylation sites is 1. The average molecular weight is 459 g/mol. The molecule has 1 atom stereocenters. The van der Waals surface area contributed by atoms with E-state index in [1.807, 2.05) is 24.4 Å². The van der Waals surface area contributed by atoms with Gasteiger partial charge in [0.2, 0.25) is 5.95 Å². The Bertz CT molecular complexity index is 1380. The van der Waals surface area contributed by atoms with Crippen LogP contribution < -0.4 is 10.2 Å². The molecule has 1 fully saturated rings. The standard InChI is InChI=1S/C26H30N6O2/c1-16-13-19(17(2)29-21-8-6-5-7-18(21)24(33)34)22-20(14-16)23-27-15-28-32(23)25(30-22)31-11-9-26(3,4)10-12-31/h5-8,13-15,17,29H,9-12H2,1-4H3,(H,33,34). The molecule has 1 saturated heterocycles. The highest BCUT2D eigenvalue weighted by atomic mass is 16.4. The summed E-state index contributed by atoms with van der Waals surface area (Å²) in [7, 11) is 0. The van der Waals surface area contributed by atoms with Crippen molar-refractivity contribution < 1.29 is 9.90 Å². The van der Waals surface area contributed by atoms with Gasteiger partial charge in [-0.05, 0) is 55.9 Å². The number of fused-ring (bicyclic) bond motifs is 3. The number of nitrogens with one attached hydrogen (secondary N) is 1. The van der Waals surface area contributed by atoms with Gasteiger partial charge in [0.05, 0.1) is 17.1 Å². The molecule has 5 rings (SSSR count). The Labute approximate surface area is 198 Å². The number of rotatable bonds is 5. The molecule has 0 saturated carbocycles. The van der Waals surface area contributed by atoms with Crippen LogP contribution in [0, 0.1) is 12.3 Å². The number of carboxylic acid groups (broad SMARTS) is 1.